The van der Waals surface area contributed by atoms with E-state index in [1.165, 1.54) is 104 Å². The number of amides is 1. The summed E-state index contributed by atoms with van der Waals surface area (Å²) < 4.78 is 38.0. The van der Waals surface area contributed by atoms with E-state index < -0.39 is 39.8 Å². The SMILES string of the molecule is CCCCCCCCCCCCCCCC/C=C\CCC#CCCC(=O)O[C@H](C)C[C@H](CCC[C@@](C)(O)CC(=O)NCCS(=O)(=O)OC)OC(C)=O. The molecular weight excluding hydrogens is 683 g/mol. The van der Waals surface area contributed by atoms with Crippen molar-refractivity contribution in [1.82, 2.24) is 5.32 Å². The molecule has 302 valence electrons. The maximum absolute atomic E-state index is 12.3. The van der Waals surface area contributed by atoms with Crippen LogP contribution < -0.4 is 5.32 Å². The molecule has 0 aliphatic heterocycles. The molecule has 0 unspecified atom stereocenters. The number of nitrogens with one attached hydrogen (secondary N) is 1. The molecule has 1 amide bonds. The van der Waals surface area contributed by atoms with Crippen molar-refractivity contribution in [3.05, 3.63) is 12.2 Å². The zero-order valence-corrected chi connectivity index (χ0v) is 34.1. The summed E-state index contributed by atoms with van der Waals surface area (Å²) in [5.74, 6) is 4.51. The van der Waals surface area contributed by atoms with E-state index in [9.17, 15) is 27.9 Å². The van der Waals surface area contributed by atoms with Crippen LogP contribution in [0.25, 0.3) is 0 Å². The molecule has 0 saturated heterocycles. The molecule has 11 heteroatoms. The van der Waals surface area contributed by atoms with Gasteiger partial charge in [0.15, 0.2) is 0 Å². The Morgan fingerprint density at radius 1 is 0.827 bits per heavy atom. The summed E-state index contributed by atoms with van der Waals surface area (Å²) >= 11 is 0. The fourth-order valence-electron chi connectivity index (χ4n) is 5.96. The third-order valence-corrected chi connectivity index (χ3v) is 10.1. The van der Waals surface area contributed by atoms with Crippen molar-refractivity contribution in [3.63, 3.8) is 0 Å². The molecule has 2 N–H and O–H groups in total. The highest BCUT2D eigenvalue weighted by atomic mass is 32.2. The fraction of sp³-hybridized carbons (Fsp3) is 0.829. The molecule has 0 fully saturated rings. The summed E-state index contributed by atoms with van der Waals surface area (Å²) in [5, 5.41) is 13.1. The quantitative estimate of drug-likeness (QED) is 0.0221. The molecule has 0 aliphatic carbocycles. The van der Waals surface area contributed by atoms with Crippen LogP contribution in [0, 0.1) is 11.8 Å². The summed E-state index contributed by atoms with van der Waals surface area (Å²) in [6.07, 6.45) is 27.3. The van der Waals surface area contributed by atoms with Gasteiger partial charge in [-0.25, -0.2) is 0 Å². The van der Waals surface area contributed by atoms with Crippen molar-refractivity contribution < 1.29 is 41.6 Å². The largest absolute Gasteiger partial charge is 0.462 e. The van der Waals surface area contributed by atoms with Gasteiger partial charge in [0.2, 0.25) is 5.91 Å². The Morgan fingerprint density at radius 2 is 1.38 bits per heavy atom. The Bertz CT molecular complexity index is 1140. The van der Waals surface area contributed by atoms with E-state index in [1.807, 2.05) is 0 Å². The highest BCUT2D eigenvalue weighted by molar-refractivity contribution is 7.86. The second kappa shape index (κ2) is 32.0. The van der Waals surface area contributed by atoms with Gasteiger partial charge in [0, 0.05) is 32.7 Å². The number of aliphatic hydroxyl groups is 1. The highest BCUT2D eigenvalue weighted by Gasteiger charge is 2.26. The second-order valence-corrected chi connectivity index (χ2v) is 16.2. The molecule has 0 aromatic rings. The van der Waals surface area contributed by atoms with Crippen LogP contribution in [0.1, 0.15) is 182 Å². The average molecular weight is 756 g/mol. The molecule has 0 spiro atoms. The Labute approximate surface area is 317 Å². The van der Waals surface area contributed by atoms with Gasteiger partial charge in [0.1, 0.15) is 12.2 Å². The van der Waals surface area contributed by atoms with Crippen molar-refractivity contribution in [1.29, 1.82) is 0 Å². The Kier molecular flexibility index (Phi) is 30.6. The maximum atomic E-state index is 12.3. The zero-order valence-electron chi connectivity index (χ0n) is 33.3. The molecule has 0 heterocycles. The lowest BCUT2D eigenvalue weighted by Crippen LogP contribution is -2.36. The van der Waals surface area contributed by atoms with E-state index in [-0.39, 0.29) is 37.5 Å². The zero-order chi connectivity index (χ0) is 38.9. The van der Waals surface area contributed by atoms with E-state index in [0.29, 0.717) is 25.7 Å². The van der Waals surface area contributed by atoms with Crippen molar-refractivity contribution in [3.8, 4) is 11.8 Å². The van der Waals surface area contributed by atoms with Crippen LogP contribution in [-0.2, 0) is 38.2 Å². The van der Waals surface area contributed by atoms with Crippen molar-refractivity contribution in [2.45, 2.75) is 200 Å². The minimum atomic E-state index is -3.69. The molecular formula is C41H73NO9S. The number of carbonyl (C=O) groups excluding carboxylic acids is 3. The van der Waals surface area contributed by atoms with Crippen LogP contribution in [0.5, 0.6) is 0 Å². The third kappa shape index (κ3) is 33.4. The van der Waals surface area contributed by atoms with E-state index in [0.717, 1.165) is 26.4 Å². The van der Waals surface area contributed by atoms with Gasteiger partial charge in [-0.3, -0.25) is 18.6 Å². The molecule has 0 aromatic heterocycles. The highest BCUT2D eigenvalue weighted by Crippen LogP contribution is 2.22. The maximum Gasteiger partial charge on any atom is 0.307 e. The van der Waals surface area contributed by atoms with E-state index in [2.05, 4.69) is 40.4 Å². The van der Waals surface area contributed by atoms with Gasteiger partial charge in [-0.15, -0.1) is 11.8 Å². The van der Waals surface area contributed by atoms with Crippen molar-refractivity contribution in [2.24, 2.45) is 0 Å². The summed E-state index contributed by atoms with van der Waals surface area (Å²) in [4.78, 5) is 36.2. The topological polar surface area (TPSA) is 145 Å². The third-order valence-electron chi connectivity index (χ3n) is 8.88. The predicted octanol–water partition coefficient (Wildman–Crippen LogP) is 8.64. The Balaban J connectivity index is 4.06. The molecule has 0 aliphatic rings. The molecule has 0 aromatic carbocycles. The normalized spacial score (nSPS) is 13.9. The van der Waals surface area contributed by atoms with Gasteiger partial charge in [0.25, 0.3) is 10.1 Å². The first-order chi connectivity index (χ1) is 24.8. The fourth-order valence-corrected chi connectivity index (χ4v) is 6.48. The first-order valence-electron chi connectivity index (χ1n) is 20.0. The molecule has 0 rings (SSSR count). The van der Waals surface area contributed by atoms with Crippen LogP contribution in [0.15, 0.2) is 12.2 Å². The monoisotopic (exact) mass is 756 g/mol. The van der Waals surface area contributed by atoms with Crippen LogP contribution in [0.4, 0.5) is 0 Å². The number of allylic oxidation sites excluding steroid dienone is 2. The average Bonchev–Trinajstić information content (AvgIpc) is 3.06. The summed E-state index contributed by atoms with van der Waals surface area (Å²) in [6.45, 7) is 6.72. The van der Waals surface area contributed by atoms with Crippen molar-refractivity contribution >= 4 is 28.0 Å². The van der Waals surface area contributed by atoms with E-state index in [4.69, 9.17) is 9.47 Å². The lowest BCUT2D eigenvalue weighted by molar-refractivity contribution is -0.153. The van der Waals surface area contributed by atoms with Gasteiger partial charge in [-0.05, 0) is 52.4 Å². The number of rotatable bonds is 33. The standard InChI is InChI=1S/C41H73NO9S/c1-6-7-8-9-10-11-12-13-14-15-16-17-18-19-20-21-22-23-24-25-26-27-30-40(45)50-36(2)34-38(51-37(3)43)29-28-31-41(4,46)35-39(44)42-32-33-52(47,48)49-5/h21-22,36,38,46H,6-20,23-24,27-35H2,1-5H3,(H,42,44)/b22-21-/t36-,38+,41-/m1/s1. The summed E-state index contributed by atoms with van der Waals surface area (Å²) in [6, 6.07) is 0. The predicted molar refractivity (Wildman–Crippen MR) is 209 cm³/mol. The smallest absolute Gasteiger partial charge is 0.307 e. The number of unbranched alkanes of at least 4 members (excludes halogenated alkanes) is 15. The van der Waals surface area contributed by atoms with Crippen LogP contribution in [-0.4, -0.2) is 68.6 Å². The number of hydrogen-bond donors (Lipinski definition) is 2. The Hall–Kier alpha value is -2.42. The van der Waals surface area contributed by atoms with Gasteiger partial charge in [-0.1, -0.05) is 103 Å². The Morgan fingerprint density at radius 3 is 1.96 bits per heavy atom. The van der Waals surface area contributed by atoms with E-state index >= 15 is 0 Å². The van der Waals surface area contributed by atoms with Gasteiger partial charge in [0.05, 0.1) is 31.3 Å². The van der Waals surface area contributed by atoms with Crippen LogP contribution in [0.2, 0.25) is 0 Å². The molecule has 52 heavy (non-hydrogen) atoms. The molecule has 0 bridgehead atoms. The lowest BCUT2D eigenvalue weighted by atomic mass is 9.93. The number of ether oxygens (including phenoxy) is 2. The summed E-state index contributed by atoms with van der Waals surface area (Å²) in [5.41, 5.74) is -1.34. The molecule has 0 radical (unpaired) electrons. The first kappa shape index (κ1) is 49.6. The molecule has 10 nitrogen and oxygen atoms in total. The molecule has 0 saturated carbocycles. The second-order valence-electron chi connectivity index (χ2n) is 14.4. The minimum Gasteiger partial charge on any atom is -0.462 e. The first-order valence-corrected chi connectivity index (χ1v) is 21.6. The van der Waals surface area contributed by atoms with E-state index in [1.54, 1.807) is 6.92 Å². The van der Waals surface area contributed by atoms with Gasteiger partial charge >= 0.3 is 11.9 Å². The van der Waals surface area contributed by atoms with Crippen molar-refractivity contribution in [2.75, 3.05) is 19.4 Å². The van der Waals surface area contributed by atoms with Gasteiger partial charge in [-0.2, -0.15) is 8.42 Å². The van der Waals surface area contributed by atoms with Gasteiger partial charge < -0.3 is 19.9 Å². The number of esters is 2. The lowest BCUT2D eigenvalue weighted by Gasteiger charge is -2.25. The minimum absolute atomic E-state index is 0.125. The van der Waals surface area contributed by atoms with Crippen LogP contribution >= 0.6 is 0 Å². The number of hydrogen-bond acceptors (Lipinski definition) is 9. The molecule has 3 atom stereocenters. The van der Waals surface area contributed by atoms with Crippen LogP contribution in [0.3, 0.4) is 0 Å². The number of carbonyl (C=O) groups is 3. The summed E-state index contributed by atoms with van der Waals surface area (Å²) in [7, 11) is -2.64.